The summed E-state index contributed by atoms with van der Waals surface area (Å²) in [4.78, 5) is 137. The van der Waals surface area contributed by atoms with Crippen LogP contribution in [0, 0.1) is 0 Å². The molecule has 3 aromatic carbocycles. The number of imide groups is 1. The Hall–Kier alpha value is -8.36. The standard InChI is InChI=1S/C51H66N10O19S2/c1-3-5-15-34(52)45(67)54-28-42(62)55-39(24-31-27-53-35-17-11-10-14-33(31)35)47(69)56-36(16-6-4-2)46(68)59-40(25-43(63)64)48(70)57-37(22-29-12-8-7-9-13-29)49(71)60-50(72)38(23-30-18-20-32(21-19-30)80-82(77,78)79)58-51(73)41(26-44(65)66)61-81(74,75)76/h7-14,17-21,27,34,36-41,53,61H,3-6,15-16,22-26,28,52H2,1-2H3,(H,54,67)(H,55,62)(H,56,69)(H,57,70)(H,58,73)(H,59,68)(H,63,64)(H,65,66)(H,60,71,72)(H,74,75,76)(H,77,78,79). The van der Waals surface area contributed by atoms with Gasteiger partial charge in [-0.25, -0.2) is 0 Å². The number of unbranched alkanes of at least 4 members (excludes halogenated alkanes) is 2. The summed E-state index contributed by atoms with van der Waals surface area (Å²) in [6.07, 6.45) is 0.619. The number of fused-ring (bicyclic) bond motifs is 1. The zero-order valence-corrected chi connectivity index (χ0v) is 46.0. The van der Waals surface area contributed by atoms with Gasteiger partial charge in [0.05, 0.1) is 25.4 Å². The molecule has 1 heterocycles. The van der Waals surface area contributed by atoms with Gasteiger partial charge in [-0.3, -0.25) is 62.4 Å². The van der Waals surface area contributed by atoms with Gasteiger partial charge in [0.2, 0.25) is 47.3 Å². The van der Waals surface area contributed by atoms with E-state index in [0.717, 1.165) is 30.7 Å². The third-order valence-electron chi connectivity index (χ3n) is 12.2. The van der Waals surface area contributed by atoms with Crippen molar-refractivity contribution in [1.82, 2.24) is 46.9 Å². The van der Waals surface area contributed by atoms with Gasteiger partial charge in [0.15, 0.2) is 0 Å². The molecule has 446 valence electrons. The Morgan fingerprint density at radius 1 is 0.561 bits per heavy atom. The zero-order valence-electron chi connectivity index (χ0n) is 44.4. The van der Waals surface area contributed by atoms with Crippen molar-refractivity contribution in [3.63, 3.8) is 0 Å². The maximum atomic E-state index is 14.3. The van der Waals surface area contributed by atoms with Crippen LogP contribution in [0.2, 0.25) is 0 Å². The van der Waals surface area contributed by atoms with Crippen LogP contribution < -0.4 is 51.9 Å². The average Bonchev–Trinajstić information content (AvgIpc) is 3.83. The zero-order chi connectivity index (χ0) is 60.7. The van der Waals surface area contributed by atoms with E-state index >= 15 is 0 Å². The van der Waals surface area contributed by atoms with Gasteiger partial charge in [-0.15, -0.1) is 0 Å². The Morgan fingerprint density at radius 3 is 1.62 bits per heavy atom. The average molecular weight is 1190 g/mol. The summed E-state index contributed by atoms with van der Waals surface area (Å²) in [6.45, 7) is 3.14. The van der Waals surface area contributed by atoms with Crippen molar-refractivity contribution < 1.29 is 88.3 Å². The molecular weight excluding hydrogens is 1120 g/mol. The maximum absolute atomic E-state index is 14.3. The number of hydrogen-bond acceptors (Lipinski definition) is 16. The molecule has 0 bridgehead atoms. The Kier molecular flexibility index (Phi) is 25.5. The first kappa shape index (κ1) is 66.2. The van der Waals surface area contributed by atoms with E-state index in [-0.39, 0.29) is 18.4 Å². The highest BCUT2D eigenvalue weighted by atomic mass is 32.3. The van der Waals surface area contributed by atoms with Gasteiger partial charge in [0.1, 0.15) is 42.0 Å². The van der Waals surface area contributed by atoms with Gasteiger partial charge >= 0.3 is 32.6 Å². The van der Waals surface area contributed by atoms with Gasteiger partial charge in [-0.1, -0.05) is 100 Å². The molecular formula is C51H66N10O19S2. The van der Waals surface area contributed by atoms with Crippen LogP contribution in [0.15, 0.2) is 85.1 Å². The maximum Gasteiger partial charge on any atom is 0.446 e. The molecule has 29 nitrogen and oxygen atoms in total. The van der Waals surface area contributed by atoms with Crippen LogP contribution in [-0.4, -0.2) is 149 Å². The highest BCUT2D eigenvalue weighted by Crippen LogP contribution is 2.20. The summed E-state index contributed by atoms with van der Waals surface area (Å²) in [6, 6.07) is 7.45. The lowest BCUT2D eigenvalue weighted by Gasteiger charge is -2.26. The van der Waals surface area contributed by atoms with Crippen molar-refractivity contribution >= 4 is 90.8 Å². The number of benzene rings is 3. The van der Waals surface area contributed by atoms with Crippen molar-refractivity contribution in [1.29, 1.82) is 0 Å². The van der Waals surface area contributed by atoms with Gasteiger partial charge in [-0.2, -0.15) is 21.6 Å². The molecule has 0 aliphatic carbocycles. The number of rotatable bonds is 34. The lowest BCUT2D eigenvalue weighted by molar-refractivity contribution is -0.141. The van der Waals surface area contributed by atoms with E-state index in [0.29, 0.717) is 47.7 Å². The quantitative estimate of drug-likeness (QED) is 0.0249. The fraction of sp³-hybridized carbons (Fsp3) is 0.412. The van der Waals surface area contributed by atoms with Crippen LogP contribution in [0.4, 0.5) is 0 Å². The van der Waals surface area contributed by atoms with Crippen molar-refractivity contribution in [3.05, 3.63) is 102 Å². The van der Waals surface area contributed by atoms with E-state index in [4.69, 9.17) is 10.3 Å². The van der Waals surface area contributed by atoms with E-state index in [2.05, 4.69) is 41.1 Å². The summed E-state index contributed by atoms with van der Waals surface area (Å²) in [5, 5.41) is 36.5. The van der Waals surface area contributed by atoms with E-state index < -0.39 is 160 Å². The van der Waals surface area contributed by atoms with Crippen LogP contribution in [0.3, 0.4) is 0 Å². The van der Waals surface area contributed by atoms with E-state index in [9.17, 15) is 79.5 Å². The van der Waals surface area contributed by atoms with Crippen molar-refractivity contribution in [2.75, 3.05) is 6.54 Å². The molecule has 0 saturated heterocycles. The third-order valence-corrected chi connectivity index (χ3v) is 13.2. The molecule has 8 amide bonds. The summed E-state index contributed by atoms with van der Waals surface area (Å²) < 4.78 is 70.0. The summed E-state index contributed by atoms with van der Waals surface area (Å²) in [5.74, 6) is -12.6. The molecule has 0 radical (unpaired) electrons. The molecule has 7 unspecified atom stereocenters. The first-order valence-electron chi connectivity index (χ1n) is 25.6. The largest absolute Gasteiger partial charge is 0.481 e. The van der Waals surface area contributed by atoms with Crippen molar-refractivity contribution in [2.45, 2.75) is 127 Å². The summed E-state index contributed by atoms with van der Waals surface area (Å²) in [7, 11) is -10.2. The Balaban J connectivity index is 1.62. The molecule has 0 aliphatic rings. The fourth-order valence-electron chi connectivity index (χ4n) is 8.12. The second kappa shape index (κ2) is 31.6. The number of amides is 8. The smallest absolute Gasteiger partial charge is 0.446 e. The normalized spacial score (nSPS) is 14.0. The number of carbonyl (C=O) groups is 10. The minimum Gasteiger partial charge on any atom is -0.481 e. The number of H-pyrrole nitrogens is 1. The lowest BCUT2D eigenvalue weighted by Crippen LogP contribution is -2.60. The van der Waals surface area contributed by atoms with Crippen molar-refractivity contribution in [3.8, 4) is 5.75 Å². The molecule has 7 atom stereocenters. The highest BCUT2D eigenvalue weighted by molar-refractivity contribution is 7.83. The van der Waals surface area contributed by atoms with E-state index in [1.807, 2.05) is 12.2 Å². The van der Waals surface area contributed by atoms with Crippen LogP contribution in [0.5, 0.6) is 5.75 Å². The third kappa shape index (κ3) is 23.0. The minimum absolute atomic E-state index is 0.0702. The molecule has 0 saturated carbocycles. The number of aromatic nitrogens is 1. The number of para-hydroxylation sites is 1. The number of hydrogen-bond donors (Lipinski definition) is 14. The topological polar surface area (TPSA) is 467 Å². The van der Waals surface area contributed by atoms with Gasteiger partial charge in [0.25, 0.3) is 0 Å². The predicted octanol–water partition coefficient (Wildman–Crippen LogP) is -1.02. The van der Waals surface area contributed by atoms with Crippen LogP contribution in [0.25, 0.3) is 10.9 Å². The Labute approximate surface area is 470 Å². The molecule has 4 rings (SSSR count). The molecule has 4 aromatic rings. The summed E-state index contributed by atoms with van der Waals surface area (Å²) >= 11 is 0. The first-order chi connectivity index (χ1) is 38.6. The van der Waals surface area contributed by atoms with Crippen molar-refractivity contribution in [2.24, 2.45) is 5.73 Å². The number of aromatic amines is 1. The van der Waals surface area contributed by atoms with Crippen LogP contribution in [0.1, 0.15) is 81.9 Å². The second-order valence-electron chi connectivity index (χ2n) is 18.8. The lowest BCUT2D eigenvalue weighted by atomic mass is 10.0. The molecule has 0 aliphatic heterocycles. The molecule has 1 aromatic heterocycles. The SMILES string of the molecule is CCCCC(N)C(=O)NCC(=O)NC(Cc1c[nH]c2ccccc12)C(=O)NC(CCCC)C(=O)NC(CC(=O)O)C(=O)NC(Cc1ccccc1)C(=O)NC(=O)C(Cc1ccc(OS(=O)(=O)O)cc1)NC(=O)C(CC(=O)O)NS(=O)(=O)O. The number of nitrogens with one attached hydrogen (secondary N) is 9. The van der Waals surface area contributed by atoms with E-state index in [1.165, 1.54) is 16.9 Å². The Bertz CT molecular complexity index is 3140. The fourth-order valence-corrected chi connectivity index (χ4v) is 9.03. The first-order valence-corrected chi connectivity index (χ1v) is 28.4. The number of carboxylic acid groups (broad SMARTS) is 2. The number of carbonyl (C=O) groups excluding carboxylic acids is 8. The number of carboxylic acids is 2. The predicted molar refractivity (Wildman–Crippen MR) is 290 cm³/mol. The summed E-state index contributed by atoms with van der Waals surface area (Å²) in [5.41, 5.74) is 7.68. The monoisotopic (exact) mass is 1190 g/mol. The van der Waals surface area contributed by atoms with Crippen LogP contribution in [-0.2, 0) is 87.9 Å². The number of aliphatic carboxylic acids is 2. The molecule has 82 heavy (non-hydrogen) atoms. The van der Waals surface area contributed by atoms with Gasteiger partial charge in [-0.05, 0) is 47.7 Å². The van der Waals surface area contributed by atoms with E-state index in [1.54, 1.807) is 55.6 Å². The Morgan fingerprint density at radius 2 is 1.05 bits per heavy atom. The number of nitrogens with two attached hydrogens (primary N) is 1. The second-order valence-corrected chi connectivity index (χ2v) is 21.0. The van der Waals surface area contributed by atoms with Gasteiger partial charge in [0, 0.05) is 36.4 Å². The van der Waals surface area contributed by atoms with Crippen LogP contribution >= 0.6 is 0 Å². The molecule has 0 spiro atoms. The molecule has 15 N–H and O–H groups in total. The highest BCUT2D eigenvalue weighted by Gasteiger charge is 2.36. The molecule has 0 fully saturated rings. The van der Waals surface area contributed by atoms with Gasteiger partial charge < -0.3 is 57.0 Å². The minimum atomic E-state index is -5.25. The molecule has 31 heteroatoms.